The van der Waals surface area contributed by atoms with Crippen LogP contribution in [-0.4, -0.2) is 31.1 Å². The molecule has 4 rings (SSSR count). The molecule has 4 aromatic carbocycles. The predicted octanol–water partition coefficient (Wildman–Crippen LogP) is 7.34. The molecule has 196 valence electrons. The number of benzene rings is 4. The third kappa shape index (κ3) is 5.44. The van der Waals surface area contributed by atoms with E-state index in [9.17, 15) is 22.9 Å². The number of methoxy groups -OCH3 is 1. The smallest absolute Gasteiger partial charge is 0.296 e. The van der Waals surface area contributed by atoms with E-state index in [2.05, 4.69) is 15.5 Å². The second kappa shape index (κ2) is 11.0. The molecule has 4 aromatic rings. The molecule has 0 unspecified atom stereocenters. The minimum Gasteiger partial charge on any atom is -0.505 e. The Morgan fingerprint density at radius 1 is 1.00 bits per heavy atom. The van der Waals surface area contributed by atoms with Gasteiger partial charge < -0.3 is 15.2 Å². The number of hydrogen-bond acceptors (Lipinski definition) is 7. The van der Waals surface area contributed by atoms with E-state index in [1.54, 1.807) is 43.3 Å². The summed E-state index contributed by atoms with van der Waals surface area (Å²) in [5.74, 6) is -0.670. The van der Waals surface area contributed by atoms with Crippen LogP contribution in [0.15, 0.2) is 75.8 Å². The number of rotatable bonds is 7. The summed E-state index contributed by atoms with van der Waals surface area (Å²) >= 11 is 12.5. The summed E-state index contributed by atoms with van der Waals surface area (Å²) in [6.07, 6.45) is 0.286. The van der Waals surface area contributed by atoms with Crippen molar-refractivity contribution in [3.05, 3.63) is 81.8 Å². The lowest BCUT2D eigenvalue weighted by molar-refractivity contribution is 0.102. The molecular formula is C26H21Cl2N3O6S. The molecule has 0 saturated heterocycles. The second-order valence-electron chi connectivity index (χ2n) is 8.04. The van der Waals surface area contributed by atoms with Crippen molar-refractivity contribution in [1.29, 1.82) is 0 Å². The largest absolute Gasteiger partial charge is 0.505 e. The molecule has 0 aliphatic carbocycles. The van der Waals surface area contributed by atoms with Crippen LogP contribution in [0.4, 0.5) is 17.1 Å². The highest BCUT2D eigenvalue weighted by Gasteiger charge is 2.22. The number of azo groups is 1. The van der Waals surface area contributed by atoms with E-state index in [1.165, 1.54) is 25.3 Å². The zero-order valence-electron chi connectivity index (χ0n) is 20.1. The Balaban J connectivity index is 1.86. The average Bonchev–Trinajstić information content (AvgIpc) is 2.88. The van der Waals surface area contributed by atoms with Crippen molar-refractivity contribution < 1.29 is 27.6 Å². The fourth-order valence-electron chi connectivity index (χ4n) is 3.85. The number of ether oxygens (including phenoxy) is 1. The number of nitrogens with one attached hydrogen (secondary N) is 1. The van der Waals surface area contributed by atoms with Crippen LogP contribution in [0.5, 0.6) is 11.5 Å². The molecule has 0 radical (unpaired) electrons. The summed E-state index contributed by atoms with van der Waals surface area (Å²) in [6, 6.07) is 15.5. The Hall–Kier alpha value is -3.70. The molecule has 1 amide bonds. The molecule has 0 spiro atoms. The van der Waals surface area contributed by atoms with Crippen LogP contribution >= 0.6 is 23.2 Å². The SMILES string of the molecule is CCc1c(Cl)ccc(S(=O)(=O)O)c1N=Nc1c(O)c(C(=O)Nc2ccc(OC)cc2Cl)cc2ccccc12. The van der Waals surface area contributed by atoms with E-state index in [0.717, 1.165) is 6.07 Å². The highest BCUT2D eigenvalue weighted by atomic mass is 35.5. The highest BCUT2D eigenvalue weighted by Crippen LogP contribution is 2.42. The first-order valence-corrected chi connectivity index (χ1v) is 13.3. The fraction of sp³-hybridized carbons (Fsp3) is 0.115. The Morgan fingerprint density at radius 2 is 1.71 bits per heavy atom. The number of aromatic hydroxyl groups is 1. The van der Waals surface area contributed by atoms with Gasteiger partial charge in [-0.1, -0.05) is 54.4 Å². The number of phenols is 1. The minimum absolute atomic E-state index is 0.0857. The van der Waals surface area contributed by atoms with E-state index < -0.39 is 26.7 Å². The maximum atomic E-state index is 13.2. The monoisotopic (exact) mass is 573 g/mol. The van der Waals surface area contributed by atoms with Crippen LogP contribution in [-0.2, 0) is 16.5 Å². The molecule has 0 atom stereocenters. The van der Waals surface area contributed by atoms with Gasteiger partial charge in [-0.15, -0.1) is 10.2 Å². The molecule has 0 aliphatic heterocycles. The second-order valence-corrected chi connectivity index (χ2v) is 10.2. The normalized spacial score (nSPS) is 11.7. The number of nitrogens with zero attached hydrogens (tertiary/aromatic N) is 2. The Labute approximate surface area is 228 Å². The Kier molecular flexibility index (Phi) is 7.89. The number of fused-ring (bicyclic) bond motifs is 1. The van der Waals surface area contributed by atoms with Gasteiger partial charge in [0.05, 0.1) is 23.4 Å². The van der Waals surface area contributed by atoms with Crippen molar-refractivity contribution in [2.24, 2.45) is 10.2 Å². The van der Waals surface area contributed by atoms with Crippen LogP contribution < -0.4 is 10.1 Å². The molecule has 0 heterocycles. The quantitative estimate of drug-likeness (QED) is 0.156. The standard InChI is InChI=1S/C26H21Cl2N3O6S/c1-3-16-19(27)9-11-22(38(34,35)36)23(16)30-31-24-17-7-5-4-6-14(17)12-18(25(24)32)26(33)29-21-10-8-15(37-2)13-20(21)28/h4-13,32H,3H2,1-2H3,(H,29,33)(H,34,35,36). The number of amides is 1. The molecule has 0 aliphatic rings. The van der Waals surface area contributed by atoms with Gasteiger partial charge in [0, 0.05) is 16.5 Å². The molecule has 0 saturated carbocycles. The molecular weight excluding hydrogens is 553 g/mol. The van der Waals surface area contributed by atoms with Gasteiger partial charge in [0.15, 0.2) is 5.75 Å². The van der Waals surface area contributed by atoms with Gasteiger partial charge in [0.1, 0.15) is 22.0 Å². The zero-order valence-corrected chi connectivity index (χ0v) is 22.4. The summed E-state index contributed by atoms with van der Waals surface area (Å²) in [4.78, 5) is 12.7. The summed E-state index contributed by atoms with van der Waals surface area (Å²) in [6.45, 7) is 1.73. The third-order valence-corrected chi connectivity index (χ3v) is 7.29. The summed E-state index contributed by atoms with van der Waals surface area (Å²) < 4.78 is 38.8. The lowest BCUT2D eigenvalue weighted by atomic mass is 10.0. The molecule has 9 nitrogen and oxygen atoms in total. The van der Waals surface area contributed by atoms with E-state index in [4.69, 9.17) is 27.9 Å². The average molecular weight is 574 g/mol. The number of anilines is 1. The number of carbonyl (C=O) groups excluding carboxylic acids is 1. The Bertz CT molecular complexity index is 1710. The maximum Gasteiger partial charge on any atom is 0.296 e. The van der Waals surface area contributed by atoms with Crippen molar-refractivity contribution in [2.75, 3.05) is 12.4 Å². The third-order valence-electron chi connectivity index (χ3n) is 5.73. The van der Waals surface area contributed by atoms with Crippen molar-refractivity contribution in [3.8, 4) is 11.5 Å². The first kappa shape index (κ1) is 27.3. The van der Waals surface area contributed by atoms with Crippen molar-refractivity contribution in [1.82, 2.24) is 0 Å². The molecule has 0 bridgehead atoms. The first-order valence-electron chi connectivity index (χ1n) is 11.1. The molecule has 3 N–H and O–H groups in total. The van der Waals surface area contributed by atoms with E-state index in [0.29, 0.717) is 22.1 Å². The molecule has 38 heavy (non-hydrogen) atoms. The first-order chi connectivity index (χ1) is 18.0. The van der Waals surface area contributed by atoms with Gasteiger partial charge in [-0.2, -0.15) is 8.42 Å². The number of phenolic OH excluding ortho intramolecular Hbond substituents is 1. The summed E-state index contributed by atoms with van der Waals surface area (Å²) in [7, 11) is -3.18. The van der Waals surface area contributed by atoms with Crippen molar-refractivity contribution >= 4 is 67.1 Å². The van der Waals surface area contributed by atoms with E-state index in [-0.39, 0.29) is 39.1 Å². The lowest BCUT2D eigenvalue weighted by Gasteiger charge is -2.13. The summed E-state index contributed by atoms with van der Waals surface area (Å²) in [5.41, 5.74) is 0.236. The van der Waals surface area contributed by atoms with E-state index >= 15 is 0 Å². The van der Waals surface area contributed by atoms with Gasteiger partial charge >= 0.3 is 0 Å². The minimum atomic E-state index is -4.67. The van der Waals surface area contributed by atoms with Crippen LogP contribution in [0.3, 0.4) is 0 Å². The van der Waals surface area contributed by atoms with Gasteiger partial charge in [0.25, 0.3) is 16.0 Å². The zero-order chi connectivity index (χ0) is 27.6. The van der Waals surface area contributed by atoms with E-state index in [1.807, 2.05) is 0 Å². The summed E-state index contributed by atoms with van der Waals surface area (Å²) in [5, 5.41) is 23.4. The van der Waals surface area contributed by atoms with Crippen LogP contribution in [0.25, 0.3) is 10.8 Å². The van der Waals surface area contributed by atoms with Crippen molar-refractivity contribution in [3.63, 3.8) is 0 Å². The van der Waals surface area contributed by atoms with Crippen LogP contribution in [0.2, 0.25) is 10.0 Å². The topological polar surface area (TPSA) is 138 Å². The molecule has 12 heteroatoms. The van der Waals surface area contributed by atoms with Crippen LogP contribution in [0.1, 0.15) is 22.8 Å². The van der Waals surface area contributed by atoms with Gasteiger partial charge in [0.2, 0.25) is 0 Å². The lowest BCUT2D eigenvalue weighted by Crippen LogP contribution is -2.12. The highest BCUT2D eigenvalue weighted by molar-refractivity contribution is 7.86. The Morgan fingerprint density at radius 3 is 2.37 bits per heavy atom. The predicted molar refractivity (Wildman–Crippen MR) is 146 cm³/mol. The molecule has 0 aromatic heterocycles. The maximum absolute atomic E-state index is 13.2. The van der Waals surface area contributed by atoms with Gasteiger partial charge in [-0.05, 0) is 47.7 Å². The van der Waals surface area contributed by atoms with Gasteiger partial charge in [-0.25, -0.2) is 0 Å². The number of hydrogen-bond donors (Lipinski definition) is 3. The number of carbonyl (C=O) groups is 1. The molecule has 0 fully saturated rings. The van der Waals surface area contributed by atoms with Crippen molar-refractivity contribution in [2.45, 2.75) is 18.2 Å². The van der Waals surface area contributed by atoms with Crippen LogP contribution in [0, 0.1) is 0 Å². The van der Waals surface area contributed by atoms with Gasteiger partial charge in [-0.3, -0.25) is 9.35 Å². The fourth-order valence-corrected chi connectivity index (χ4v) is 5.00. The number of halogens is 2.